The van der Waals surface area contributed by atoms with Crippen LogP contribution in [0.25, 0.3) is 11.1 Å². The first kappa shape index (κ1) is 15.5. The summed E-state index contributed by atoms with van der Waals surface area (Å²) >= 11 is 0. The van der Waals surface area contributed by atoms with Crippen molar-refractivity contribution in [3.05, 3.63) is 89.5 Å². The largest absolute Gasteiger partial charge is 0.322 e. The van der Waals surface area contributed by atoms with Crippen LogP contribution in [0.5, 0.6) is 0 Å². The lowest BCUT2D eigenvalue weighted by Gasteiger charge is -2.11. The van der Waals surface area contributed by atoms with Crippen molar-refractivity contribution in [3.8, 4) is 17.2 Å². The third-order valence-electron chi connectivity index (χ3n) is 3.82. The molecule has 3 aromatic carbocycles. The molecule has 0 saturated carbocycles. The Kier molecular flexibility index (Phi) is 4.40. The summed E-state index contributed by atoms with van der Waals surface area (Å²) in [4.78, 5) is 12.7. The fraction of sp³-hybridized carbons (Fsp3) is 0.0476. The van der Waals surface area contributed by atoms with E-state index in [0.717, 1.165) is 22.4 Å². The van der Waals surface area contributed by atoms with E-state index >= 15 is 0 Å². The molecule has 0 spiro atoms. The maximum absolute atomic E-state index is 12.7. The summed E-state index contributed by atoms with van der Waals surface area (Å²) in [6.07, 6.45) is 0. The number of aryl methyl sites for hydroxylation is 1. The van der Waals surface area contributed by atoms with Gasteiger partial charge in [-0.05, 0) is 36.8 Å². The maximum atomic E-state index is 12.7. The summed E-state index contributed by atoms with van der Waals surface area (Å²) in [7, 11) is 0. The Hall–Kier alpha value is -3.38. The fourth-order valence-electron chi connectivity index (χ4n) is 2.57. The Labute approximate surface area is 141 Å². The van der Waals surface area contributed by atoms with Crippen molar-refractivity contribution in [1.82, 2.24) is 0 Å². The van der Waals surface area contributed by atoms with Crippen molar-refractivity contribution in [3.63, 3.8) is 0 Å². The van der Waals surface area contributed by atoms with Gasteiger partial charge in [-0.1, -0.05) is 54.1 Å². The van der Waals surface area contributed by atoms with Crippen molar-refractivity contribution in [2.45, 2.75) is 6.92 Å². The molecule has 0 heterocycles. The fourth-order valence-corrected chi connectivity index (χ4v) is 2.57. The van der Waals surface area contributed by atoms with Crippen LogP contribution in [0.2, 0.25) is 0 Å². The summed E-state index contributed by atoms with van der Waals surface area (Å²) in [6.45, 7) is 2.00. The van der Waals surface area contributed by atoms with E-state index in [1.165, 1.54) is 0 Å². The molecule has 3 aromatic rings. The summed E-state index contributed by atoms with van der Waals surface area (Å²) in [5.41, 5.74) is 4.48. The molecule has 24 heavy (non-hydrogen) atoms. The highest BCUT2D eigenvalue weighted by Crippen LogP contribution is 2.27. The molecule has 0 aliphatic rings. The number of hydrogen-bond acceptors (Lipinski definition) is 2. The molecular weight excluding hydrogens is 296 g/mol. The van der Waals surface area contributed by atoms with Crippen LogP contribution in [0.1, 0.15) is 21.5 Å². The summed E-state index contributed by atoms with van der Waals surface area (Å²) in [6, 6.07) is 24.4. The molecule has 3 heteroatoms. The normalized spacial score (nSPS) is 10.0. The molecule has 0 aliphatic carbocycles. The van der Waals surface area contributed by atoms with Gasteiger partial charge in [0.2, 0.25) is 0 Å². The van der Waals surface area contributed by atoms with Gasteiger partial charge in [0, 0.05) is 16.8 Å². The molecule has 0 bridgehead atoms. The van der Waals surface area contributed by atoms with Crippen LogP contribution in [0.4, 0.5) is 5.69 Å². The predicted molar refractivity (Wildman–Crippen MR) is 95.7 cm³/mol. The van der Waals surface area contributed by atoms with E-state index in [-0.39, 0.29) is 5.91 Å². The summed E-state index contributed by atoms with van der Waals surface area (Å²) < 4.78 is 0. The highest BCUT2D eigenvalue weighted by molar-refractivity contribution is 6.09. The number of anilines is 1. The highest BCUT2D eigenvalue weighted by Gasteiger charge is 2.14. The first-order valence-corrected chi connectivity index (χ1v) is 7.65. The molecule has 0 aromatic heterocycles. The summed E-state index contributed by atoms with van der Waals surface area (Å²) in [5.74, 6) is -0.192. The number of rotatable bonds is 3. The average Bonchev–Trinajstić information content (AvgIpc) is 2.63. The van der Waals surface area contributed by atoms with Gasteiger partial charge in [-0.2, -0.15) is 5.26 Å². The second kappa shape index (κ2) is 6.80. The minimum Gasteiger partial charge on any atom is -0.322 e. The van der Waals surface area contributed by atoms with Gasteiger partial charge in [-0.25, -0.2) is 0 Å². The molecule has 0 radical (unpaired) electrons. The van der Waals surface area contributed by atoms with E-state index in [2.05, 4.69) is 11.4 Å². The molecule has 0 saturated heterocycles. The zero-order valence-electron chi connectivity index (χ0n) is 13.3. The smallest absolute Gasteiger partial charge is 0.256 e. The number of nitriles is 1. The minimum absolute atomic E-state index is 0.192. The van der Waals surface area contributed by atoms with Gasteiger partial charge in [0.05, 0.1) is 11.6 Å². The second-order valence-corrected chi connectivity index (χ2v) is 5.52. The Balaban J connectivity index is 1.99. The average molecular weight is 312 g/mol. The lowest BCUT2D eigenvalue weighted by Crippen LogP contribution is -2.13. The second-order valence-electron chi connectivity index (χ2n) is 5.52. The van der Waals surface area contributed by atoms with E-state index in [1.807, 2.05) is 67.6 Å². The van der Waals surface area contributed by atoms with Crippen LogP contribution >= 0.6 is 0 Å². The maximum Gasteiger partial charge on any atom is 0.256 e. The molecule has 0 fully saturated rings. The molecule has 3 nitrogen and oxygen atoms in total. The van der Waals surface area contributed by atoms with Crippen LogP contribution in [0, 0.1) is 18.3 Å². The van der Waals surface area contributed by atoms with Gasteiger partial charge >= 0.3 is 0 Å². The van der Waals surface area contributed by atoms with E-state index in [9.17, 15) is 10.1 Å². The number of amides is 1. The number of carbonyl (C=O) groups is 1. The molecule has 1 amide bonds. The first-order chi connectivity index (χ1) is 11.7. The van der Waals surface area contributed by atoms with Crippen LogP contribution in [0.15, 0.2) is 72.8 Å². The number of carbonyl (C=O) groups excluding carboxylic acids is 1. The van der Waals surface area contributed by atoms with Crippen molar-refractivity contribution < 1.29 is 4.79 Å². The number of nitrogens with zero attached hydrogens (tertiary/aromatic N) is 1. The number of nitrogens with one attached hydrogen (secondary N) is 1. The lowest BCUT2D eigenvalue weighted by molar-refractivity contribution is 0.102. The topological polar surface area (TPSA) is 52.9 Å². The van der Waals surface area contributed by atoms with Gasteiger partial charge in [-0.3, -0.25) is 4.79 Å². The standard InChI is InChI=1S/C21H16N2O/c1-15-10-12-17(13-11-15)23-21(24)20-9-5-4-8-19(20)18-7-3-2-6-16(18)14-22/h2-13H,1H3,(H,23,24). The number of hydrogen-bond donors (Lipinski definition) is 1. The van der Waals surface area contributed by atoms with Crippen molar-refractivity contribution in [2.24, 2.45) is 0 Å². The van der Waals surface area contributed by atoms with E-state index < -0.39 is 0 Å². The number of benzene rings is 3. The van der Waals surface area contributed by atoms with Crippen molar-refractivity contribution in [1.29, 1.82) is 5.26 Å². The van der Waals surface area contributed by atoms with Gasteiger partial charge in [0.15, 0.2) is 0 Å². The quantitative estimate of drug-likeness (QED) is 0.756. The van der Waals surface area contributed by atoms with E-state index in [0.29, 0.717) is 11.1 Å². The Bertz CT molecular complexity index is 921. The molecule has 116 valence electrons. The van der Waals surface area contributed by atoms with Crippen LogP contribution < -0.4 is 5.32 Å². The van der Waals surface area contributed by atoms with Crippen molar-refractivity contribution >= 4 is 11.6 Å². The Morgan fingerprint density at radius 1 is 0.875 bits per heavy atom. The lowest BCUT2D eigenvalue weighted by atomic mass is 9.95. The molecule has 0 unspecified atom stereocenters. The highest BCUT2D eigenvalue weighted by atomic mass is 16.1. The SMILES string of the molecule is Cc1ccc(NC(=O)c2ccccc2-c2ccccc2C#N)cc1. The monoisotopic (exact) mass is 312 g/mol. The minimum atomic E-state index is -0.192. The predicted octanol–water partition coefficient (Wildman–Crippen LogP) is 4.79. The molecule has 3 rings (SSSR count). The Morgan fingerprint density at radius 3 is 2.21 bits per heavy atom. The van der Waals surface area contributed by atoms with Crippen molar-refractivity contribution in [2.75, 3.05) is 5.32 Å². The van der Waals surface area contributed by atoms with Gasteiger partial charge in [0.25, 0.3) is 5.91 Å². The molecule has 0 aliphatic heterocycles. The van der Waals surface area contributed by atoms with Gasteiger partial charge in [-0.15, -0.1) is 0 Å². The molecular formula is C21H16N2O. The molecule has 0 atom stereocenters. The zero-order valence-corrected chi connectivity index (χ0v) is 13.3. The van der Waals surface area contributed by atoms with Gasteiger partial charge < -0.3 is 5.32 Å². The molecule has 1 N–H and O–H groups in total. The Morgan fingerprint density at radius 2 is 1.50 bits per heavy atom. The van der Waals surface area contributed by atoms with E-state index in [1.54, 1.807) is 12.1 Å². The first-order valence-electron chi connectivity index (χ1n) is 7.65. The third-order valence-corrected chi connectivity index (χ3v) is 3.82. The van der Waals surface area contributed by atoms with E-state index in [4.69, 9.17) is 0 Å². The van der Waals surface area contributed by atoms with Crippen LogP contribution in [-0.2, 0) is 0 Å². The van der Waals surface area contributed by atoms with Crippen LogP contribution in [-0.4, -0.2) is 5.91 Å². The van der Waals surface area contributed by atoms with Gasteiger partial charge in [0.1, 0.15) is 0 Å². The zero-order chi connectivity index (χ0) is 16.9. The van der Waals surface area contributed by atoms with Crippen LogP contribution in [0.3, 0.4) is 0 Å². The summed E-state index contributed by atoms with van der Waals surface area (Å²) in [5, 5.41) is 12.2. The third kappa shape index (κ3) is 3.18.